The topological polar surface area (TPSA) is 113 Å². The number of aliphatic carboxylic acids is 1. The predicted molar refractivity (Wildman–Crippen MR) is 72.2 cm³/mol. The molecule has 7 nitrogen and oxygen atoms in total. The highest BCUT2D eigenvalue weighted by molar-refractivity contribution is 6.30. The van der Waals surface area contributed by atoms with Crippen molar-refractivity contribution in [2.75, 3.05) is 13.7 Å². The lowest BCUT2D eigenvalue weighted by atomic mass is 10.0. The highest BCUT2D eigenvalue weighted by atomic mass is 35.5. The molecule has 0 aliphatic carbocycles. The fraction of sp³-hybridized carbons (Fsp3) is 0.385. The maximum atomic E-state index is 11.1. The number of methoxy groups -OCH3 is 1. The van der Waals surface area contributed by atoms with E-state index in [-0.39, 0.29) is 16.3 Å². The van der Waals surface area contributed by atoms with Crippen LogP contribution in [-0.2, 0) is 14.3 Å². The van der Waals surface area contributed by atoms with Crippen molar-refractivity contribution in [3.8, 4) is 5.75 Å². The van der Waals surface area contributed by atoms with Crippen LogP contribution in [0.15, 0.2) is 18.2 Å². The number of rotatable bonds is 7. The van der Waals surface area contributed by atoms with Crippen LogP contribution in [-0.4, -0.2) is 47.1 Å². The number of carboxylic acid groups (broad SMARTS) is 1. The first-order chi connectivity index (χ1) is 9.85. The van der Waals surface area contributed by atoms with E-state index in [1.54, 1.807) is 0 Å². The first-order valence-corrected chi connectivity index (χ1v) is 6.30. The number of aliphatic hydroxyl groups excluding tert-OH is 2. The van der Waals surface area contributed by atoms with Gasteiger partial charge in [0.2, 0.25) is 0 Å². The zero-order valence-corrected chi connectivity index (χ0v) is 11.9. The predicted octanol–water partition coefficient (Wildman–Crippen LogP) is 0.761. The second-order valence-electron chi connectivity index (χ2n) is 4.16. The van der Waals surface area contributed by atoms with Crippen LogP contribution >= 0.6 is 11.6 Å². The van der Waals surface area contributed by atoms with Crippen molar-refractivity contribution in [3.63, 3.8) is 0 Å². The van der Waals surface area contributed by atoms with Crippen LogP contribution in [0.25, 0.3) is 0 Å². The highest BCUT2D eigenvalue weighted by Crippen LogP contribution is 2.31. The maximum Gasteiger partial charge on any atom is 0.341 e. The van der Waals surface area contributed by atoms with Gasteiger partial charge in [-0.15, -0.1) is 0 Å². The Balaban J connectivity index is 2.93. The van der Waals surface area contributed by atoms with Crippen molar-refractivity contribution in [2.45, 2.75) is 18.6 Å². The summed E-state index contributed by atoms with van der Waals surface area (Å²) < 4.78 is 9.41. The fourth-order valence-electron chi connectivity index (χ4n) is 1.59. The van der Waals surface area contributed by atoms with Crippen LogP contribution in [0.1, 0.15) is 18.1 Å². The number of halogens is 1. The summed E-state index contributed by atoms with van der Waals surface area (Å²) in [5, 5.41) is 28.7. The van der Waals surface area contributed by atoms with E-state index in [9.17, 15) is 19.8 Å². The molecule has 8 heteroatoms. The van der Waals surface area contributed by atoms with Gasteiger partial charge in [-0.25, -0.2) is 4.79 Å². The first kappa shape index (κ1) is 17.2. The molecule has 0 bridgehead atoms. The number of hydrogen-bond donors (Lipinski definition) is 3. The second kappa shape index (κ2) is 7.82. The summed E-state index contributed by atoms with van der Waals surface area (Å²) in [4.78, 5) is 21.6. The fourth-order valence-corrected chi connectivity index (χ4v) is 1.75. The van der Waals surface area contributed by atoms with E-state index >= 15 is 0 Å². The van der Waals surface area contributed by atoms with E-state index in [2.05, 4.69) is 4.74 Å². The molecule has 0 aliphatic rings. The molecular weight excluding hydrogens is 304 g/mol. The second-order valence-corrected chi connectivity index (χ2v) is 4.59. The van der Waals surface area contributed by atoms with Gasteiger partial charge in [0.15, 0.2) is 6.61 Å². The molecule has 0 amide bonds. The summed E-state index contributed by atoms with van der Waals surface area (Å²) in [6.07, 6.45) is -3.30. The zero-order chi connectivity index (χ0) is 16.0. The van der Waals surface area contributed by atoms with Crippen molar-refractivity contribution < 1.29 is 34.4 Å². The molecular formula is C13H15ClO7. The van der Waals surface area contributed by atoms with E-state index in [0.29, 0.717) is 0 Å². The summed E-state index contributed by atoms with van der Waals surface area (Å²) in [5.41, 5.74) is 0.122. The molecule has 21 heavy (non-hydrogen) atoms. The number of esters is 1. The van der Waals surface area contributed by atoms with E-state index in [1.165, 1.54) is 18.2 Å². The number of aliphatic hydroxyl groups is 2. The highest BCUT2D eigenvalue weighted by Gasteiger charge is 2.25. The SMILES string of the molecule is COC(=O)CC(O)C(O)c1ccc(Cl)cc1OCC(=O)O. The summed E-state index contributed by atoms with van der Waals surface area (Å²) in [6, 6.07) is 4.14. The van der Waals surface area contributed by atoms with E-state index in [4.69, 9.17) is 21.4 Å². The Labute approximate surface area is 125 Å². The van der Waals surface area contributed by atoms with Crippen molar-refractivity contribution in [1.82, 2.24) is 0 Å². The van der Waals surface area contributed by atoms with Crippen molar-refractivity contribution >= 4 is 23.5 Å². The average Bonchev–Trinajstić information content (AvgIpc) is 2.44. The number of carboxylic acids is 1. The molecule has 2 unspecified atom stereocenters. The lowest BCUT2D eigenvalue weighted by Crippen LogP contribution is -2.23. The minimum Gasteiger partial charge on any atom is -0.481 e. The largest absolute Gasteiger partial charge is 0.481 e. The van der Waals surface area contributed by atoms with Gasteiger partial charge in [-0.1, -0.05) is 17.7 Å². The average molecular weight is 319 g/mol. The molecule has 3 N–H and O–H groups in total. The first-order valence-electron chi connectivity index (χ1n) is 5.92. The number of hydrogen-bond acceptors (Lipinski definition) is 6. The molecule has 116 valence electrons. The molecule has 0 radical (unpaired) electrons. The third-order valence-corrected chi connectivity index (χ3v) is 2.85. The quantitative estimate of drug-likeness (QED) is 0.636. The monoisotopic (exact) mass is 318 g/mol. The molecule has 0 aliphatic heterocycles. The third-order valence-electron chi connectivity index (χ3n) is 2.61. The van der Waals surface area contributed by atoms with Gasteiger partial charge in [-0.3, -0.25) is 4.79 Å². The van der Waals surface area contributed by atoms with Crippen LogP contribution in [0.4, 0.5) is 0 Å². The van der Waals surface area contributed by atoms with Crippen molar-refractivity contribution in [2.24, 2.45) is 0 Å². The van der Waals surface area contributed by atoms with Gasteiger partial charge in [-0.2, -0.15) is 0 Å². The van der Waals surface area contributed by atoms with Gasteiger partial charge < -0.3 is 24.8 Å². The Hall–Kier alpha value is -1.83. The Kier molecular flexibility index (Phi) is 6.41. The normalized spacial score (nSPS) is 13.3. The molecule has 0 saturated heterocycles. The number of benzene rings is 1. The van der Waals surface area contributed by atoms with Crippen LogP contribution in [0.3, 0.4) is 0 Å². The molecule has 1 aromatic carbocycles. The van der Waals surface area contributed by atoms with E-state index in [1.807, 2.05) is 0 Å². The smallest absolute Gasteiger partial charge is 0.341 e. The minimum absolute atomic E-state index is 0.0151. The Bertz CT molecular complexity index is 517. The number of ether oxygens (including phenoxy) is 2. The van der Waals surface area contributed by atoms with Crippen LogP contribution in [0, 0.1) is 0 Å². The van der Waals surface area contributed by atoms with Crippen molar-refractivity contribution in [1.29, 1.82) is 0 Å². The van der Waals surface area contributed by atoms with Gasteiger partial charge in [-0.05, 0) is 12.1 Å². The summed E-state index contributed by atoms with van der Waals surface area (Å²) in [6.45, 7) is -0.632. The molecule has 2 atom stereocenters. The van der Waals surface area contributed by atoms with Gasteiger partial charge in [0.05, 0.1) is 19.6 Å². The third kappa shape index (κ3) is 5.22. The molecule has 0 aromatic heterocycles. The Morgan fingerprint density at radius 3 is 2.57 bits per heavy atom. The molecule has 0 spiro atoms. The molecule has 0 fully saturated rings. The lowest BCUT2D eigenvalue weighted by Gasteiger charge is -2.20. The van der Waals surface area contributed by atoms with E-state index in [0.717, 1.165) is 7.11 Å². The maximum absolute atomic E-state index is 11.1. The van der Waals surface area contributed by atoms with Crippen LogP contribution < -0.4 is 4.74 Å². The van der Waals surface area contributed by atoms with Gasteiger partial charge in [0.1, 0.15) is 11.9 Å². The molecule has 1 aromatic rings. The Morgan fingerprint density at radius 1 is 1.33 bits per heavy atom. The number of carbonyl (C=O) groups is 2. The molecule has 1 rings (SSSR count). The molecule has 0 heterocycles. The van der Waals surface area contributed by atoms with Gasteiger partial charge in [0, 0.05) is 10.6 Å². The Morgan fingerprint density at radius 2 is 2.00 bits per heavy atom. The van der Waals surface area contributed by atoms with Crippen LogP contribution in [0.2, 0.25) is 5.02 Å². The van der Waals surface area contributed by atoms with Gasteiger partial charge >= 0.3 is 11.9 Å². The minimum atomic E-state index is -1.45. The lowest BCUT2D eigenvalue weighted by molar-refractivity contribution is -0.144. The zero-order valence-electron chi connectivity index (χ0n) is 11.2. The summed E-state index contributed by atoms with van der Waals surface area (Å²) >= 11 is 5.78. The van der Waals surface area contributed by atoms with E-state index < -0.39 is 37.2 Å². The summed E-state index contributed by atoms with van der Waals surface area (Å²) in [7, 11) is 1.16. The number of carbonyl (C=O) groups excluding carboxylic acids is 1. The summed E-state index contributed by atoms with van der Waals surface area (Å²) in [5.74, 6) is -1.88. The van der Waals surface area contributed by atoms with Gasteiger partial charge in [0.25, 0.3) is 0 Å². The van der Waals surface area contributed by atoms with Crippen LogP contribution in [0.5, 0.6) is 5.75 Å². The van der Waals surface area contributed by atoms with Crippen molar-refractivity contribution in [3.05, 3.63) is 28.8 Å². The standard InChI is InChI=1S/C13H15ClO7/c1-20-12(18)5-9(15)13(19)8-3-2-7(14)4-10(8)21-6-11(16)17/h2-4,9,13,15,19H,5-6H2,1H3,(H,16,17). The molecule has 0 saturated carbocycles.